The van der Waals surface area contributed by atoms with E-state index in [1.165, 1.54) is 6.20 Å². The van der Waals surface area contributed by atoms with E-state index in [2.05, 4.69) is 15.3 Å². The monoisotopic (exact) mass is 255 g/mol. The number of likely N-dealkylation sites (N-methyl/N-ethyl adjacent to an activating group) is 1. The van der Waals surface area contributed by atoms with E-state index in [-0.39, 0.29) is 17.2 Å². The highest BCUT2D eigenvalue weighted by atomic mass is 35.5. The highest BCUT2D eigenvalue weighted by Crippen LogP contribution is 2.20. The third-order valence-corrected chi connectivity index (χ3v) is 2.94. The summed E-state index contributed by atoms with van der Waals surface area (Å²) in [4.78, 5) is 20.8. The van der Waals surface area contributed by atoms with Crippen LogP contribution < -0.4 is 11.1 Å². The second kappa shape index (κ2) is 4.75. The van der Waals surface area contributed by atoms with Crippen molar-refractivity contribution in [3.63, 3.8) is 0 Å². The molecule has 92 valence electrons. The minimum atomic E-state index is 0.144. The number of anilines is 2. The highest BCUT2D eigenvalue weighted by molar-refractivity contribution is 6.28. The zero-order valence-corrected chi connectivity index (χ0v) is 10.2. The van der Waals surface area contributed by atoms with Crippen molar-refractivity contribution in [2.24, 2.45) is 0 Å². The summed E-state index contributed by atoms with van der Waals surface area (Å²) in [7, 11) is 1.78. The standard InChI is InChI=1S/C10H14ClN5O/c1-16-5-6(2-3-8(16)17)14-9-7(12)4-13-10(11)15-9/h4,6H,2-3,5,12H2,1H3,(H,13,14,15). The Hall–Kier alpha value is -1.56. The van der Waals surface area contributed by atoms with Gasteiger partial charge in [-0.3, -0.25) is 4.79 Å². The zero-order valence-electron chi connectivity index (χ0n) is 9.48. The number of rotatable bonds is 2. The number of likely N-dealkylation sites (tertiary alicyclic amines) is 1. The highest BCUT2D eigenvalue weighted by Gasteiger charge is 2.23. The van der Waals surface area contributed by atoms with Gasteiger partial charge in [-0.25, -0.2) is 4.98 Å². The Labute approximate surface area is 104 Å². The molecule has 0 radical (unpaired) electrons. The maximum atomic E-state index is 11.3. The van der Waals surface area contributed by atoms with E-state index < -0.39 is 0 Å². The van der Waals surface area contributed by atoms with Gasteiger partial charge in [-0.1, -0.05) is 0 Å². The van der Waals surface area contributed by atoms with Gasteiger partial charge < -0.3 is 16.0 Å². The summed E-state index contributed by atoms with van der Waals surface area (Å²) in [5.74, 6) is 0.689. The fourth-order valence-corrected chi connectivity index (χ4v) is 1.94. The molecule has 0 saturated carbocycles. The molecular weight excluding hydrogens is 242 g/mol. The molecule has 3 N–H and O–H groups in total. The van der Waals surface area contributed by atoms with Crippen LogP contribution in [0.4, 0.5) is 11.5 Å². The van der Waals surface area contributed by atoms with Crippen molar-refractivity contribution < 1.29 is 4.79 Å². The maximum absolute atomic E-state index is 11.3. The molecule has 7 heteroatoms. The normalized spacial score (nSPS) is 20.5. The molecule has 1 saturated heterocycles. The Balaban J connectivity index is 2.06. The third-order valence-electron chi connectivity index (χ3n) is 2.76. The second-order valence-electron chi connectivity index (χ2n) is 4.10. The fraction of sp³-hybridized carbons (Fsp3) is 0.500. The van der Waals surface area contributed by atoms with Gasteiger partial charge in [0, 0.05) is 26.1 Å². The number of carbonyl (C=O) groups is 1. The lowest BCUT2D eigenvalue weighted by Crippen LogP contribution is -2.43. The first-order valence-electron chi connectivity index (χ1n) is 5.35. The van der Waals surface area contributed by atoms with Gasteiger partial charge in [-0.15, -0.1) is 0 Å². The second-order valence-corrected chi connectivity index (χ2v) is 4.44. The Morgan fingerprint density at radius 1 is 1.65 bits per heavy atom. The van der Waals surface area contributed by atoms with Crippen molar-refractivity contribution in [3.05, 3.63) is 11.5 Å². The molecule has 1 atom stereocenters. The molecule has 2 rings (SSSR count). The smallest absolute Gasteiger partial charge is 0.224 e. The van der Waals surface area contributed by atoms with E-state index in [1.807, 2.05) is 0 Å². The van der Waals surface area contributed by atoms with Crippen LogP contribution in [0.2, 0.25) is 5.28 Å². The van der Waals surface area contributed by atoms with Gasteiger partial charge in [-0.05, 0) is 18.0 Å². The summed E-state index contributed by atoms with van der Waals surface area (Å²) < 4.78 is 0. The summed E-state index contributed by atoms with van der Waals surface area (Å²) in [5, 5.41) is 3.34. The van der Waals surface area contributed by atoms with Crippen LogP contribution in [0, 0.1) is 0 Å². The molecule has 0 aromatic carbocycles. The van der Waals surface area contributed by atoms with E-state index in [4.69, 9.17) is 17.3 Å². The number of nitrogens with one attached hydrogen (secondary N) is 1. The topological polar surface area (TPSA) is 84.1 Å². The molecule has 1 aromatic rings. The van der Waals surface area contributed by atoms with Gasteiger partial charge in [-0.2, -0.15) is 4.98 Å². The quantitative estimate of drug-likeness (QED) is 0.762. The molecule has 0 spiro atoms. The van der Waals surface area contributed by atoms with Crippen molar-refractivity contribution in [1.82, 2.24) is 14.9 Å². The van der Waals surface area contributed by atoms with Gasteiger partial charge >= 0.3 is 0 Å². The van der Waals surface area contributed by atoms with E-state index >= 15 is 0 Å². The zero-order chi connectivity index (χ0) is 12.4. The minimum absolute atomic E-state index is 0.144. The number of piperidine rings is 1. The predicted octanol–water partition coefficient (Wildman–Crippen LogP) is 0.745. The van der Waals surface area contributed by atoms with Crippen LogP contribution in [-0.4, -0.2) is 40.4 Å². The van der Waals surface area contributed by atoms with E-state index in [9.17, 15) is 4.79 Å². The Bertz CT molecular complexity index is 439. The summed E-state index contributed by atoms with van der Waals surface area (Å²) in [6, 6.07) is 0.144. The number of amides is 1. The van der Waals surface area contributed by atoms with E-state index in [1.54, 1.807) is 11.9 Å². The van der Waals surface area contributed by atoms with Gasteiger partial charge in [0.15, 0.2) is 5.82 Å². The first-order valence-corrected chi connectivity index (χ1v) is 5.72. The molecule has 2 heterocycles. The van der Waals surface area contributed by atoms with Crippen molar-refractivity contribution in [2.45, 2.75) is 18.9 Å². The lowest BCUT2D eigenvalue weighted by Gasteiger charge is -2.30. The number of carbonyl (C=O) groups excluding carboxylic acids is 1. The van der Waals surface area contributed by atoms with Crippen LogP contribution in [-0.2, 0) is 4.79 Å². The third kappa shape index (κ3) is 2.76. The van der Waals surface area contributed by atoms with Crippen LogP contribution >= 0.6 is 11.6 Å². The van der Waals surface area contributed by atoms with Gasteiger partial charge in [0.05, 0.1) is 11.9 Å². The van der Waals surface area contributed by atoms with Crippen molar-refractivity contribution in [3.8, 4) is 0 Å². The van der Waals surface area contributed by atoms with Crippen LogP contribution in [0.1, 0.15) is 12.8 Å². The number of halogens is 1. The number of hydrogen-bond acceptors (Lipinski definition) is 5. The average molecular weight is 256 g/mol. The molecule has 1 amide bonds. The summed E-state index contributed by atoms with van der Waals surface area (Å²) in [6.45, 7) is 0.639. The first kappa shape index (κ1) is 11.9. The summed E-state index contributed by atoms with van der Waals surface area (Å²) in [5.41, 5.74) is 6.19. The lowest BCUT2D eigenvalue weighted by atomic mass is 10.1. The number of hydrogen-bond donors (Lipinski definition) is 2. The molecule has 1 unspecified atom stereocenters. The minimum Gasteiger partial charge on any atom is -0.394 e. The molecule has 1 aliphatic heterocycles. The summed E-state index contributed by atoms with van der Waals surface area (Å²) in [6.07, 6.45) is 2.77. The Kier molecular flexibility index (Phi) is 3.33. The molecule has 6 nitrogen and oxygen atoms in total. The van der Waals surface area contributed by atoms with Crippen molar-refractivity contribution in [2.75, 3.05) is 24.6 Å². The molecular formula is C10H14ClN5O. The molecule has 0 bridgehead atoms. The number of nitrogens with zero attached hydrogens (tertiary/aromatic N) is 3. The van der Waals surface area contributed by atoms with Gasteiger partial charge in [0.2, 0.25) is 11.2 Å². The number of nitrogens with two attached hydrogens (primary N) is 1. The van der Waals surface area contributed by atoms with Crippen molar-refractivity contribution >= 4 is 29.0 Å². The number of nitrogen functional groups attached to an aromatic ring is 1. The number of aromatic nitrogens is 2. The van der Waals surface area contributed by atoms with E-state index in [0.717, 1.165) is 6.42 Å². The predicted molar refractivity (Wildman–Crippen MR) is 65.7 cm³/mol. The molecule has 1 aromatic heterocycles. The maximum Gasteiger partial charge on any atom is 0.224 e. The average Bonchev–Trinajstić information content (AvgIpc) is 2.29. The fourth-order valence-electron chi connectivity index (χ4n) is 1.81. The molecule has 0 aliphatic carbocycles. The Morgan fingerprint density at radius 2 is 2.41 bits per heavy atom. The van der Waals surface area contributed by atoms with Crippen LogP contribution in [0.5, 0.6) is 0 Å². The Morgan fingerprint density at radius 3 is 3.12 bits per heavy atom. The van der Waals surface area contributed by atoms with Crippen LogP contribution in [0.25, 0.3) is 0 Å². The van der Waals surface area contributed by atoms with Crippen molar-refractivity contribution in [1.29, 1.82) is 0 Å². The van der Waals surface area contributed by atoms with Crippen LogP contribution in [0.15, 0.2) is 6.20 Å². The molecule has 1 aliphatic rings. The van der Waals surface area contributed by atoms with Gasteiger partial charge in [0.25, 0.3) is 0 Å². The first-order chi connectivity index (χ1) is 8.06. The van der Waals surface area contributed by atoms with Crippen LogP contribution in [0.3, 0.4) is 0 Å². The molecule has 1 fully saturated rings. The SMILES string of the molecule is CN1CC(Nc2nc(Cl)ncc2N)CCC1=O. The largest absolute Gasteiger partial charge is 0.394 e. The van der Waals surface area contributed by atoms with E-state index in [0.29, 0.717) is 24.5 Å². The molecule has 17 heavy (non-hydrogen) atoms. The lowest BCUT2D eigenvalue weighted by molar-refractivity contribution is -0.132. The summed E-state index contributed by atoms with van der Waals surface area (Å²) >= 11 is 5.70. The van der Waals surface area contributed by atoms with Gasteiger partial charge in [0.1, 0.15) is 0 Å².